The Morgan fingerprint density at radius 3 is 3.05 bits per heavy atom. The molecule has 3 rings (SSSR count). The predicted octanol–water partition coefficient (Wildman–Crippen LogP) is 1.36. The molecule has 2 heterocycles. The van der Waals surface area contributed by atoms with Crippen LogP contribution in [0.2, 0.25) is 0 Å². The molecule has 0 aromatic heterocycles. The van der Waals surface area contributed by atoms with E-state index in [1.54, 1.807) is 12.1 Å². The fourth-order valence-electron chi connectivity index (χ4n) is 2.79. The normalized spacial score (nSPS) is 23.4. The van der Waals surface area contributed by atoms with Gasteiger partial charge < -0.3 is 10.1 Å². The van der Waals surface area contributed by atoms with Gasteiger partial charge in [-0.2, -0.15) is 0 Å². The van der Waals surface area contributed by atoms with E-state index in [0.29, 0.717) is 11.5 Å². The molecule has 5 nitrogen and oxygen atoms in total. The summed E-state index contributed by atoms with van der Waals surface area (Å²) < 4.78 is 32.9. The Bertz CT molecular complexity index is 594. The van der Waals surface area contributed by atoms with Crippen LogP contribution in [0, 0.1) is 5.92 Å². The Kier molecular flexibility index (Phi) is 3.70. The van der Waals surface area contributed by atoms with Crippen molar-refractivity contribution >= 4 is 15.7 Å². The van der Waals surface area contributed by atoms with Crippen LogP contribution in [-0.2, 0) is 21.2 Å². The number of sulfonamides is 1. The maximum atomic E-state index is 12.4. The van der Waals surface area contributed by atoms with Crippen LogP contribution in [0.1, 0.15) is 18.9 Å². The summed E-state index contributed by atoms with van der Waals surface area (Å²) in [6, 6.07) is 5.20. The lowest BCUT2D eigenvalue weighted by molar-refractivity contribution is 0.180. The van der Waals surface area contributed by atoms with Crippen LogP contribution in [0.15, 0.2) is 23.1 Å². The van der Waals surface area contributed by atoms with Crippen LogP contribution in [0.25, 0.3) is 0 Å². The van der Waals surface area contributed by atoms with E-state index in [-0.39, 0.29) is 12.0 Å². The third kappa shape index (κ3) is 2.68. The lowest BCUT2D eigenvalue weighted by atomic mass is 10.0. The van der Waals surface area contributed by atoms with E-state index in [4.69, 9.17) is 4.74 Å². The zero-order chi connectivity index (χ0) is 14.2. The molecule has 1 aromatic rings. The smallest absolute Gasteiger partial charge is 0.240 e. The third-order valence-corrected chi connectivity index (χ3v) is 5.67. The van der Waals surface area contributed by atoms with Crippen molar-refractivity contribution in [3.05, 3.63) is 23.8 Å². The van der Waals surface area contributed by atoms with Crippen molar-refractivity contribution in [3.8, 4) is 0 Å². The maximum Gasteiger partial charge on any atom is 0.240 e. The number of benzene rings is 1. The van der Waals surface area contributed by atoms with Crippen LogP contribution in [0.5, 0.6) is 0 Å². The second-order valence-electron chi connectivity index (χ2n) is 5.53. The monoisotopic (exact) mass is 296 g/mol. The van der Waals surface area contributed by atoms with Gasteiger partial charge in [0.25, 0.3) is 0 Å². The zero-order valence-electron chi connectivity index (χ0n) is 11.6. The van der Waals surface area contributed by atoms with Crippen molar-refractivity contribution in [2.75, 3.05) is 25.1 Å². The summed E-state index contributed by atoms with van der Waals surface area (Å²) in [5.41, 5.74) is 2.12. The molecule has 0 spiro atoms. The third-order valence-electron chi connectivity index (χ3n) is 4.11. The molecule has 6 heteroatoms. The molecule has 2 aliphatic heterocycles. The average molecular weight is 296 g/mol. The molecule has 0 bridgehead atoms. The van der Waals surface area contributed by atoms with Gasteiger partial charge in [0.1, 0.15) is 0 Å². The van der Waals surface area contributed by atoms with Crippen LogP contribution in [0.3, 0.4) is 0 Å². The minimum atomic E-state index is -3.46. The van der Waals surface area contributed by atoms with Gasteiger partial charge in [0.05, 0.1) is 11.5 Å². The average Bonchev–Trinajstić information content (AvgIpc) is 3.08. The van der Waals surface area contributed by atoms with E-state index in [9.17, 15) is 8.42 Å². The highest BCUT2D eigenvalue weighted by Gasteiger charge is 2.27. The fraction of sp³-hybridized carbons (Fsp3) is 0.571. The number of rotatable bonds is 4. The summed E-state index contributed by atoms with van der Waals surface area (Å²) in [6.07, 6.45) is 1.87. The molecule has 20 heavy (non-hydrogen) atoms. The number of anilines is 1. The fourth-order valence-corrected chi connectivity index (χ4v) is 4.13. The summed E-state index contributed by atoms with van der Waals surface area (Å²) in [5, 5.41) is 3.21. The van der Waals surface area contributed by atoms with Crippen molar-refractivity contribution in [2.24, 2.45) is 5.92 Å². The van der Waals surface area contributed by atoms with Gasteiger partial charge in [-0.3, -0.25) is 0 Å². The second-order valence-corrected chi connectivity index (χ2v) is 7.24. The number of ether oxygens (including phenoxy) is 1. The van der Waals surface area contributed by atoms with Crippen LogP contribution in [-0.4, -0.2) is 34.2 Å². The molecular formula is C14H20N2O3S. The van der Waals surface area contributed by atoms with Gasteiger partial charge in [0.2, 0.25) is 10.0 Å². The van der Waals surface area contributed by atoms with Gasteiger partial charge in [-0.1, -0.05) is 6.07 Å². The molecule has 0 radical (unpaired) electrons. The van der Waals surface area contributed by atoms with Crippen molar-refractivity contribution in [3.63, 3.8) is 0 Å². The highest BCUT2D eigenvalue weighted by atomic mass is 32.2. The predicted molar refractivity (Wildman–Crippen MR) is 77.3 cm³/mol. The Morgan fingerprint density at radius 2 is 2.30 bits per heavy atom. The highest BCUT2D eigenvalue weighted by Crippen LogP contribution is 2.26. The SMILES string of the molecule is CC(NS(=O)(=O)c1ccc2c(c1)NCC2)C1CCOC1. The molecule has 2 unspecified atom stereocenters. The van der Waals surface area contributed by atoms with Crippen molar-refractivity contribution < 1.29 is 13.2 Å². The maximum absolute atomic E-state index is 12.4. The van der Waals surface area contributed by atoms with Gasteiger partial charge in [0.15, 0.2) is 0 Å². The Labute approximate surface area is 119 Å². The van der Waals surface area contributed by atoms with Crippen molar-refractivity contribution in [1.82, 2.24) is 4.72 Å². The van der Waals surface area contributed by atoms with Gasteiger partial charge in [-0.25, -0.2) is 13.1 Å². The molecule has 0 amide bonds. The molecule has 0 aliphatic carbocycles. The largest absolute Gasteiger partial charge is 0.384 e. The van der Waals surface area contributed by atoms with Crippen LogP contribution >= 0.6 is 0 Å². The topological polar surface area (TPSA) is 67.4 Å². The van der Waals surface area contributed by atoms with Gasteiger partial charge in [-0.15, -0.1) is 0 Å². The summed E-state index contributed by atoms with van der Waals surface area (Å²) in [7, 11) is -3.46. The molecule has 1 saturated heterocycles. The van der Waals surface area contributed by atoms with Gasteiger partial charge in [0, 0.05) is 30.8 Å². The highest BCUT2D eigenvalue weighted by molar-refractivity contribution is 7.89. The molecule has 2 atom stereocenters. The Hall–Kier alpha value is -1.11. The molecule has 1 fully saturated rings. The molecular weight excluding hydrogens is 276 g/mol. The Morgan fingerprint density at radius 1 is 1.45 bits per heavy atom. The van der Waals surface area contributed by atoms with Gasteiger partial charge >= 0.3 is 0 Å². The molecule has 2 aliphatic rings. The minimum Gasteiger partial charge on any atom is -0.384 e. The lowest BCUT2D eigenvalue weighted by Gasteiger charge is -2.19. The number of nitrogens with one attached hydrogen (secondary N) is 2. The molecule has 2 N–H and O–H groups in total. The van der Waals surface area contributed by atoms with E-state index in [1.807, 2.05) is 13.0 Å². The number of hydrogen-bond donors (Lipinski definition) is 2. The molecule has 0 saturated carbocycles. The Balaban J connectivity index is 1.77. The molecule has 110 valence electrons. The summed E-state index contributed by atoms with van der Waals surface area (Å²) >= 11 is 0. The van der Waals surface area contributed by atoms with E-state index in [0.717, 1.165) is 31.7 Å². The van der Waals surface area contributed by atoms with E-state index < -0.39 is 10.0 Å². The number of hydrogen-bond acceptors (Lipinski definition) is 4. The van der Waals surface area contributed by atoms with Crippen LogP contribution < -0.4 is 10.0 Å². The first-order chi connectivity index (χ1) is 9.56. The minimum absolute atomic E-state index is 0.108. The lowest BCUT2D eigenvalue weighted by Crippen LogP contribution is -2.38. The first-order valence-electron chi connectivity index (χ1n) is 7.03. The van der Waals surface area contributed by atoms with E-state index >= 15 is 0 Å². The first kappa shape index (κ1) is 13.9. The van der Waals surface area contributed by atoms with Gasteiger partial charge in [-0.05, 0) is 37.5 Å². The quantitative estimate of drug-likeness (QED) is 0.880. The summed E-state index contributed by atoms with van der Waals surface area (Å²) in [5.74, 6) is 0.261. The van der Waals surface area contributed by atoms with Crippen molar-refractivity contribution in [2.45, 2.75) is 30.7 Å². The van der Waals surface area contributed by atoms with E-state index in [2.05, 4.69) is 10.0 Å². The van der Waals surface area contributed by atoms with Crippen molar-refractivity contribution in [1.29, 1.82) is 0 Å². The number of fused-ring (bicyclic) bond motifs is 1. The standard InChI is InChI=1S/C14H20N2O3S/c1-10(12-5-7-19-9-12)16-20(17,18)13-3-2-11-4-6-15-14(11)8-13/h2-3,8,10,12,15-16H,4-7,9H2,1H3. The van der Waals surface area contributed by atoms with E-state index in [1.165, 1.54) is 5.56 Å². The first-order valence-corrected chi connectivity index (χ1v) is 8.51. The second kappa shape index (κ2) is 5.35. The zero-order valence-corrected chi connectivity index (χ0v) is 12.4. The van der Waals surface area contributed by atoms with Crippen LogP contribution in [0.4, 0.5) is 5.69 Å². The summed E-state index contributed by atoms with van der Waals surface area (Å²) in [4.78, 5) is 0.330. The summed E-state index contributed by atoms with van der Waals surface area (Å²) in [6.45, 7) is 4.14. The molecule has 1 aromatic carbocycles.